The van der Waals surface area contributed by atoms with E-state index in [2.05, 4.69) is 0 Å². The van der Waals surface area contributed by atoms with Crippen molar-refractivity contribution < 1.29 is 18.7 Å². The largest absolute Gasteiger partial charge is 0.455 e. The molecule has 0 amide bonds. The van der Waals surface area contributed by atoms with Gasteiger partial charge >= 0.3 is 5.97 Å². The molecule has 0 bridgehead atoms. The highest BCUT2D eigenvalue weighted by molar-refractivity contribution is 5.86. The Morgan fingerprint density at radius 2 is 1.89 bits per heavy atom. The maximum atomic E-state index is 11.7. The van der Waals surface area contributed by atoms with Crippen molar-refractivity contribution in [3.63, 3.8) is 0 Å². The first-order valence-corrected chi connectivity index (χ1v) is 5.58. The van der Waals surface area contributed by atoms with E-state index >= 15 is 0 Å². The maximum absolute atomic E-state index is 11.7. The van der Waals surface area contributed by atoms with E-state index in [1.807, 2.05) is 30.3 Å². The lowest BCUT2D eigenvalue weighted by atomic mass is 10.2. The smallest absolute Gasteiger partial charge is 0.374 e. The van der Waals surface area contributed by atoms with Crippen molar-refractivity contribution in [1.82, 2.24) is 0 Å². The average Bonchev–Trinajstić information content (AvgIpc) is 2.86. The summed E-state index contributed by atoms with van der Waals surface area (Å²) in [5.74, 6) is 0.323. The molecule has 0 unspecified atom stereocenters. The van der Waals surface area contributed by atoms with Gasteiger partial charge in [-0.25, -0.2) is 4.79 Å². The van der Waals surface area contributed by atoms with E-state index in [0.29, 0.717) is 12.4 Å². The molecule has 0 saturated heterocycles. The minimum Gasteiger partial charge on any atom is -0.455 e. The molecule has 1 heterocycles. The molecule has 94 valence electrons. The van der Waals surface area contributed by atoms with Crippen molar-refractivity contribution in [3.05, 3.63) is 59.5 Å². The fourth-order valence-corrected chi connectivity index (χ4v) is 1.50. The first kappa shape index (κ1) is 12.4. The van der Waals surface area contributed by atoms with E-state index in [1.165, 1.54) is 0 Å². The molecule has 4 heteroatoms. The van der Waals surface area contributed by atoms with Crippen molar-refractivity contribution >= 4 is 5.97 Å². The predicted octanol–water partition coefficient (Wildman–Crippen LogP) is 2.78. The molecule has 0 aliphatic rings. The topological polar surface area (TPSA) is 48.7 Å². The first-order chi connectivity index (χ1) is 8.79. The Bertz CT molecular complexity index is 502. The van der Waals surface area contributed by atoms with Crippen LogP contribution in [-0.4, -0.2) is 13.1 Å². The van der Waals surface area contributed by atoms with E-state index in [-0.39, 0.29) is 12.4 Å². The molecule has 1 aromatic carbocycles. The molecule has 0 aliphatic carbocycles. The number of hydrogen-bond donors (Lipinski definition) is 0. The van der Waals surface area contributed by atoms with E-state index < -0.39 is 5.97 Å². The van der Waals surface area contributed by atoms with Gasteiger partial charge in [-0.05, 0) is 17.7 Å². The van der Waals surface area contributed by atoms with Crippen LogP contribution in [0.3, 0.4) is 0 Å². The lowest BCUT2D eigenvalue weighted by Gasteiger charge is -2.02. The Labute approximate surface area is 105 Å². The van der Waals surface area contributed by atoms with Crippen LogP contribution in [0.1, 0.15) is 21.9 Å². The third kappa shape index (κ3) is 3.21. The van der Waals surface area contributed by atoms with Gasteiger partial charge in [-0.1, -0.05) is 30.3 Å². The van der Waals surface area contributed by atoms with Crippen LogP contribution in [0.5, 0.6) is 0 Å². The Hall–Kier alpha value is -2.07. The standard InChI is InChI=1S/C14H14O4/c1-16-10-12-7-8-13(18-12)14(15)17-9-11-5-3-2-4-6-11/h2-8H,9-10H2,1H3. The molecule has 2 rings (SSSR count). The molecule has 0 radical (unpaired) electrons. The van der Waals surface area contributed by atoms with Crippen LogP contribution in [0.2, 0.25) is 0 Å². The Balaban J connectivity index is 1.91. The number of carbonyl (C=O) groups is 1. The third-order valence-corrected chi connectivity index (χ3v) is 2.36. The van der Waals surface area contributed by atoms with Crippen molar-refractivity contribution in [2.24, 2.45) is 0 Å². The van der Waals surface area contributed by atoms with Crippen molar-refractivity contribution in [3.8, 4) is 0 Å². The van der Waals surface area contributed by atoms with Crippen LogP contribution < -0.4 is 0 Å². The second kappa shape index (κ2) is 6.02. The number of ether oxygens (including phenoxy) is 2. The second-order valence-corrected chi connectivity index (χ2v) is 3.76. The first-order valence-electron chi connectivity index (χ1n) is 5.58. The van der Waals surface area contributed by atoms with Crippen LogP contribution in [0, 0.1) is 0 Å². The Kier molecular flexibility index (Phi) is 4.15. The number of benzene rings is 1. The van der Waals surface area contributed by atoms with Crippen molar-refractivity contribution in [1.29, 1.82) is 0 Å². The Morgan fingerprint density at radius 1 is 1.11 bits per heavy atom. The van der Waals surface area contributed by atoms with E-state index in [9.17, 15) is 4.79 Å². The van der Waals surface area contributed by atoms with Gasteiger partial charge in [0.1, 0.15) is 19.0 Å². The lowest BCUT2D eigenvalue weighted by molar-refractivity contribution is 0.0429. The molecule has 0 aliphatic heterocycles. The highest BCUT2D eigenvalue weighted by atomic mass is 16.5. The molecule has 0 atom stereocenters. The van der Waals surface area contributed by atoms with Gasteiger partial charge in [0.25, 0.3) is 0 Å². The fourth-order valence-electron chi connectivity index (χ4n) is 1.50. The summed E-state index contributed by atoms with van der Waals surface area (Å²) in [6.07, 6.45) is 0. The summed E-state index contributed by atoms with van der Waals surface area (Å²) in [7, 11) is 1.57. The van der Waals surface area contributed by atoms with Crippen LogP contribution >= 0.6 is 0 Å². The van der Waals surface area contributed by atoms with Crippen molar-refractivity contribution in [2.75, 3.05) is 7.11 Å². The lowest BCUT2D eigenvalue weighted by Crippen LogP contribution is -2.03. The molecule has 0 saturated carbocycles. The zero-order valence-corrected chi connectivity index (χ0v) is 10.1. The number of carbonyl (C=O) groups excluding carboxylic acids is 1. The van der Waals surface area contributed by atoms with Gasteiger partial charge in [-0.3, -0.25) is 0 Å². The molecule has 18 heavy (non-hydrogen) atoms. The van der Waals surface area contributed by atoms with Gasteiger partial charge in [-0.2, -0.15) is 0 Å². The van der Waals surface area contributed by atoms with E-state index in [1.54, 1.807) is 19.2 Å². The van der Waals surface area contributed by atoms with Gasteiger partial charge in [0.15, 0.2) is 0 Å². The van der Waals surface area contributed by atoms with Crippen molar-refractivity contribution in [2.45, 2.75) is 13.2 Å². The predicted molar refractivity (Wildman–Crippen MR) is 65.0 cm³/mol. The SMILES string of the molecule is COCc1ccc(C(=O)OCc2ccccc2)o1. The fraction of sp³-hybridized carbons (Fsp3) is 0.214. The quantitative estimate of drug-likeness (QED) is 0.761. The third-order valence-electron chi connectivity index (χ3n) is 2.36. The van der Waals surface area contributed by atoms with E-state index in [0.717, 1.165) is 5.56 Å². The summed E-state index contributed by atoms with van der Waals surface area (Å²) in [6.45, 7) is 0.575. The number of esters is 1. The molecule has 0 fully saturated rings. The number of rotatable bonds is 5. The monoisotopic (exact) mass is 246 g/mol. The van der Waals surface area contributed by atoms with Crippen LogP contribution in [0.15, 0.2) is 46.9 Å². The normalized spacial score (nSPS) is 10.3. The molecule has 4 nitrogen and oxygen atoms in total. The molecule has 1 aromatic heterocycles. The minimum atomic E-state index is -0.471. The summed E-state index contributed by atoms with van der Waals surface area (Å²) < 4.78 is 15.3. The summed E-state index contributed by atoms with van der Waals surface area (Å²) in [6, 6.07) is 12.8. The highest BCUT2D eigenvalue weighted by Crippen LogP contribution is 2.11. The number of hydrogen-bond acceptors (Lipinski definition) is 4. The minimum absolute atomic E-state index is 0.193. The van der Waals surface area contributed by atoms with Crippen LogP contribution in [0.4, 0.5) is 0 Å². The molecular formula is C14H14O4. The number of methoxy groups -OCH3 is 1. The summed E-state index contributed by atoms with van der Waals surface area (Å²) in [4.78, 5) is 11.7. The summed E-state index contributed by atoms with van der Waals surface area (Å²) in [5.41, 5.74) is 0.939. The highest BCUT2D eigenvalue weighted by Gasteiger charge is 2.12. The summed E-state index contributed by atoms with van der Waals surface area (Å²) in [5, 5.41) is 0. The Morgan fingerprint density at radius 3 is 2.61 bits per heavy atom. The van der Waals surface area contributed by atoms with Gasteiger partial charge < -0.3 is 13.9 Å². The van der Waals surface area contributed by atoms with Gasteiger partial charge in [-0.15, -0.1) is 0 Å². The van der Waals surface area contributed by atoms with Gasteiger partial charge in [0, 0.05) is 7.11 Å². The molecule has 0 N–H and O–H groups in total. The summed E-state index contributed by atoms with van der Waals surface area (Å²) >= 11 is 0. The second-order valence-electron chi connectivity index (χ2n) is 3.76. The molecule has 2 aromatic rings. The number of furan rings is 1. The van der Waals surface area contributed by atoms with Gasteiger partial charge in [0.2, 0.25) is 5.76 Å². The van der Waals surface area contributed by atoms with E-state index in [4.69, 9.17) is 13.9 Å². The van der Waals surface area contributed by atoms with Gasteiger partial charge in [0.05, 0.1) is 0 Å². The maximum Gasteiger partial charge on any atom is 0.374 e. The zero-order chi connectivity index (χ0) is 12.8. The zero-order valence-electron chi connectivity index (χ0n) is 10.1. The molecule has 0 spiro atoms. The average molecular weight is 246 g/mol. The molecular weight excluding hydrogens is 232 g/mol. The van der Waals surface area contributed by atoms with Crippen LogP contribution in [-0.2, 0) is 22.7 Å². The van der Waals surface area contributed by atoms with Crippen LogP contribution in [0.25, 0.3) is 0 Å².